The average Bonchev–Trinajstić information content (AvgIpc) is 2.90. The summed E-state index contributed by atoms with van der Waals surface area (Å²) in [5.41, 5.74) is 5.70. The van der Waals surface area contributed by atoms with E-state index in [1.165, 1.54) is 0 Å². The van der Waals surface area contributed by atoms with E-state index < -0.39 is 0 Å². The summed E-state index contributed by atoms with van der Waals surface area (Å²) in [4.78, 5) is 4.75. The number of nitrogens with zero attached hydrogens (tertiary/aromatic N) is 3. The van der Waals surface area contributed by atoms with Gasteiger partial charge in [0.05, 0.1) is 23.4 Å². The highest BCUT2D eigenvalue weighted by molar-refractivity contribution is 6.31. The fourth-order valence-corrected chi connectivity index (χ4v) is 2.86. The normalized spacial score (nSPS) is 12.3. The highest BCUT2D eigenvalue weighted by Crippen LogP contribution is 2.32. The lowest BCUT2D eigenvalue weighted by Crippen LogP contribution is -2.01. The monoisotopic (exact) mass is 309 g/mol. The molecule has 22 heavy (non-hydrogen) atoms. The molecule has 2 aromatic heterocycles. The van der Waals surface area contributed by atoms with E-state index in [9.17, 15) is 5.26 Å². The fraction of sp³-hybridized carbons (Fsp3) is 0.222. The largest absolute Gasteiger partial charge is 0.299 e. The second kappa shape index (κ2) is 5.47. The molecule has 2 heterocycles. The van der Waals surface area contributed by atoms with Crippen LogP contribution in [0.2, 0.25) is 5.02 Å². The molecule has 1 aromatic carbocycles. The van der Waals surface area contributed by atoms with E-state index in [1.807, 2.05) is 57.2 Å². The minimum absolute atomic E-state index is 0.248. The molecule has 0 radical (unpaired) electrons. The Balaban J connectivity index is 2.36. The SMILES string of the molecule is Cc1cc(-c2nc3cccc(C)n3c2C(C)C#N)ccc1Cl. The minimum Gasteiger partial charge on any atom is -0.299 e. The van der Waals surface area contributed by atoms with Crippen LogP contribution >= 0.6 is 11.6 Å². The lowest BCUT2D eigenvalue weighted by Gasteiger charge is -2.09. The standard InChI is InChI=1S/C18H16ClN3/c1-11-9-14(7-8-15(11)19)17-18(12(2)10-20)22-13(3)5-4-6-16(22)21-17/h4-9,12H,1-3H3. The van der Waals surface area contributed by atoms with Gasteiger partial charge in [0.25, 0.3) is 0 Å². The van der Waals surface area contributed by atoms with Gasteiger partial charge in [0.15, 0.2) is 0 Å². The molecule has 0 aliphatic rings. The summed E-state index contributed by atoms with van der Waals surface area (Å²) in [7, 11) is 0. The Labute approximate surface area is 134 Å². The zero-order chi connectivity index (χ0) is 15.9. The maximum atomic E-state index is 9.41. The third-order valence-electron chi connectivity index (χ3n) is 3.91. The van der Waals surface area contributed by atoms with Crippen LogP contribution in [0.3, 0.4) is 0 Å². The number of aromatic nitrogens is 2. The molecular weight excluding hydrogens is 294 g/mol. The molecule has 0 saturated heterocycles. The molecule has 4 heteroatoms. The second-order valence-corrected chi connectivity index (χ2v) is 5.93. The van der Waals surface area contributed by atoms with Crippen LogP contribution in [0.15, 0.2) is 36.4 Å². The Morgan fingerprint density at radius 3 is 2.68 bits per heavy atom. The van der Waals surface area contributed by atoms with Crippen molar-refractivity contribution in [1.82, 2.24) is 9.38 Å². The van der Waals surface area contributed by atoms with Gasteiger partial charge in [-0.2, -0.15) is 5.26 Å². The van der Waals surface area contributed by atoms with Crippen LogP contribution in [0.5, 0.6) is 0 Å². The Morgan fingerprint density at radius 2 is 2.00 bits per heavy atom. The molecule has 3 aromatic rings. The first-order chi connectivity index (χ1) is 10.5. The summed E-state index contributed by atoms with van der Waals surface area (Å²) in [5.74, 6) is -0.248. The summed E-state index contributed by atoms with van der Waals surface area (Å²) >= 11 is 6.12. The van der Waals surface area contributed by atoms with Crippen molar-refractivity contribution in [1.29, 1.82) is 5.26 Å². The molecule has 0 amide bonds. The molecule has 0 fully saturated rings. The Morgan fingerprint density at radius 1 is 1.23 bits per heavy atom. The highest BCUT2D eigenvalue weighted by Gasteiger charge is 2.20. The van der Waals surface area contributed by atoms with Crippen molar-refractivity contribution in [2.24, 2.45) is 0 Å². The van der Waals surface area contributed by atoms with E-state index in [0.29, 0.717) is 0 Å². The van der Waals surface area contributed by atoms with Gasteiger partial charge in [-0.1, -0.05) is 23.7 Å². The van der Waals surface area contributed by atoms with Crippen molar-refractivity contribution in [2.45, 2.75) is 26.7 Å². The molecule has 110 valence electrons. The molecule has 3 nitrogen and oxygen atoms in total. The van der Waals surface area contributed by atoms with Crippen molar-refractivity contribution < 1.29 is 0 Å². The molecule has 0 aliphatic heterocycles. The van der Waals surface area contributed by atoms with Crippen LogP contribution in [0.1, 0.15) is 29.8 Å². The van der Waals surface area contributed by atoms with Gasteiger partial charge in [-0.25, -0.2) is 4.98 Å². The number of pyridine rings is 1. The summed E-state index contributed by atoms with van der Waals surface area (Å²) in [6, 6.07) is 14.2. The quantitative estimate of drug-likeness (QED) is 0.675. The number of hydrogen-bond donors (Lipinski definition) is 0. The van der Waals surface area contributed by atoms with Crippen LogP contribution < -0.4 is 0 Å². The van der Waals surface area contributed by atoms with Crippen LogP contribution in [0, 0.1) is 25.2 Å². The van der Waals surface area contributed by atoms with Crippen LogP contribution in [-0.4, -0.2) is 9.38 Å². The molecule has 0 N–H and O–H groups in total. The molecule has 0 aliphatic carbocycles. The predicted molar refractivity (Wildman–Crippen MR) is 89.1 cm³/mol. The molecule has 3 rings (SSSR count). The second-order valence-electron chi connectivity index (χ2n) is 5.52. The van der Waals surface area contributed by atoms with E-state index in [0.717, 1.165) is 38.9 Å². The van der Waals surface area contributed by atoms with Crippen molar-refractivity contribution in [3.63, 3.8) is 0 Å². The molecule has 0 spiro atoms. The zero-order valence-electron chi connectivity index (χ0n) is 12.8. The maximum absolute atomic E-state index is 9.41. The van der Waals surface area contributed by atoms with Crippen LogP contribution in [-0.2, 0) is 0 Å². The molecule has 0 saturated carbocycles. The number of imidazole rings is 1. The van der Waals surface area contributed by atoms with Crippen molar-refractivity contribution in [2.75, 3.05) is 0 Å². The van der Waals surface area contributed by atoms with E-state index >= 15 is 0 Å². The minimum atomic E-state index is -0.248. The van der Waals surface area contributed by atoms with Gasteiger partial charge in [0, 0.05) is 16.3 Å². The Bertz CT molecular complexity index is 903. The lowest BCUT2D eigenvalue weighted by atomic mass is 10.0. The van der Waals surface area contributed by atoms with E-state index in [2.05, 4.69) is 10.5 Å². The van der Waals surface area contributed by atoms with Crippen LogP contribution in [0.4, 0.5) is 0 Å². The lowest BCUT2D eigenvalue weighted by molar-refractivity contribution is 0.882. The van der Waals surface area contributed by atoms with Crippen molar-refractivity contribution in [3.8, 4) is 17.3 Å². The number of rotatable bonds is 2. The first-order valence-corrected chi connectivity index (χ1v) is 7.55. The van der Waals surface area contributed by atoms with Gasteiger partial charge in [-0.05, 0) is 50.6 Å². The third kappa shape index (κ3) is 2.26. The van der Waals surface area contributed by atoms with Crippen LogP contribution in [0.25, 0.3) is 16.9 Å². The van der Waals surface area contributed by atoms with E-state index in [-0.39, 0.29) is 5.92 Å². The number of fused-ring (bicyclic) bond motifs is 1. The fourth-order valence-electron chi connectivity index (χ4n) is 2.75. The van der Waals surface area contributed by atoms with E-state index in [4.69, 9.17) is 16.6 Å². The highest BCUT2D eigenvalue weighted by atomic mass is 35.5. The molecule has 0 bridgehead atoms. The average molecular weight is 310 g/mol. The first kappa shape index (κ1) is 14.6. The number of nitriles is 1. The van der Waals surface area contributed by atoms with Gasteiger partial charge >= 0.3 is 0 Å². The number of hydrogen-bond acceptors (Lipinski definition) is 2. The Kier molecular flexibility index (Phi) is 3.64. The summed E-state index contributed by atoms with van der Waals surface area (Å²) in [6.45, 7) is 5.90. The van der Waals surface area contributed by atoms with Gasteiger partial charge in [-0.15, -0.1) is 0 Å². The van der Waals surface area contributed by atoms with Crippen molar-refractivity contribution >= 4 is 17.2 Å². The van der Waals surface area contributed by atoms with Gasteiger partial charge in [-0.3, -0.25) is 4.40 Å². The third-order valence-corrected chi connectivity index (χ3v) is 4.33. The summed E-state index contributed by atoms with van der Waals surface area (Å²) in [6.07, 6.45) is 0. The maximum Gasteiger partial charge on any atom is 0.137 e. The zero-order valence-corrected chi connectivity index (χ0v) is 13.5. The van der Waals surface area contributed by atoms with Crippen molar-refractivity contribution in [3.05, 3.63) is 58.4 Å². The summed E-state index contributed by atoms with van der Waals surface area (Å²) in [5, 5.41) is 10.1. The van der Waals surface area contributed by atoms with E-state index in [1.54, 1.807) is 0 Å². The number of halogens is 1. The van der Waals surface area contributed by atoms with Gasteiger partial charge in [0.2, 0.25) is 0 Å². The number of benzene rings is 1. The molecular formula is C18H16ClN3. The van der Waals surface area contributed by atoms with Gasteiger partial charge < -0.3 is 0 Å². The summed E-state index contributed by atoms with van der Waals surface area (Å²) < 4.78 is 2.06. The first-order valence-electron chi connectivity index (χ1n) is 7.17. The predicted octanol–water partition coefficient (Wildman–Crippen LogP) is 4.90. The molecule has 1 unspecified atom stereocenters. The Hall–Kier alpha value is -2.31. The molecule has 1 atom stereocenters. The number of aryl methyl sites for hydroxylation is 2. The topological polar surface area (TPSA) is 41.1 Å². The smallest absolute Gasteiger partial charge is 0.137 e. The van der Waals surface area contributed by atoms with Gasteiger partial charge in [0.1, 0.15) is 5.65 Å².